The van der Waals surface area contributed by atoms with Crippen molar-refractivity contribution in [3.8, 4) is 0 Å². The standard InChI is InChI=1S/C16H19FN4O.C7H11F3/c1-20-14-8-15(12(16(19)22)7-13(14)18)21(2)9-10-3-5-11(17)6-4-10;8-7(9,10)6-4-2-1-3-5-6/h3-8,20H,9,18H2,1-2H3,(H2,19,22);6H,1-5H2. The number of anilines is 3. The van der Waals surface area contributed by atoms with Crippen LogP contribution in [0.25, 0.3) is 0 Å². The maximum Gasteiger partial charge on any atom is 0.391 e. The molecule has 1 aliphatic carbocycles. The summed E-state index contributed by atoms with van der Waals surface area (Å²) in [6, 6.07) is 9.54. The molecule has 0 spiro atoms. The number of alkyl halides is 3. The van der Waals surface area contributed by atoms with Crippen LogP contribution in [-0.4, -0.2) is 26.2 Å². The highest BCUT2D eigenvalue weighted by molar-refractivity contribution is 6.01. The summed E-state index contributed by atoms with van der Waals surface area (Å²) in [6.07, 6.45) is -0.742. The lowest BCUT2D eigenvalue weighted by Crippen LogP contribution is -2.24. The third kappa shape index (κ3) is 7.03. The van der Waals surface area contributed by atoms with Gasteiger partial charge in [-0.1, -0.05) is 31.4 Å². The fraction of sp³-hybridized carbons (Fsp3) is 0.435. The second-order valence-electron chi connectivity index (χ2n) is 7.93. The third-order valence-electron chi connectivity index (χ3n) is 5.51. The minimum absolute atomic E-state index is 0.283. The summed E-state index contributed by atoms with van der Waals surface area (Å²) >= 11 is 0. The second-order valence-corrected chi connectivity index (χ2v) is 7.93. The molecule has 176 valence electrons. The molecule has 0 saturated heterocycles. The van der Waals surface area contributed by atoms with E-state index in [2.05, 4.69) is 5.32 Å². The van der Waals surface area contributed by atoms with E-state index in [1.165, 1.54) is 12.1 Å². The maximum atomic E-state index is 13.0. The molecule has 1 aliphatic rings. The van der Waals surface area contributed by atoms with Crippen molar-refractivity contribution in [2.75, 3.05) is 30.0 Å². The molecule has 0 aliphatic heterocycles. The van der Waals surface area contributed by atoms with Crippen LogP contribution in [0.5, 0.6) is 0 Å². The number of hydrogen-bond acceptors (Lipinski definition) is 4. The molecule has 0 atom stereocenters. The largest absolute Gasteiger partial charge is 0.397 e. The van der Waals surface area contributed by atoms with Crippen molar-refractivity contribution < 1.29 is 22.4 Å². The van der Waals surface area contributed by atoms with Gasteiger partial charge in [-0.3, -0.25) is 4.79 Å². The molecule has 1 amide bonds. The Morgan fingerprint density at radius 3 is 2.19 bits per heavy atom. The average Bonchev–Trinajstić information content (AvgIpc) is 2.75. The van der Waals surface area contributed by atoms with Crippen LogP contribution in [0.1, 0.15) is 48.0 Å². The van der Waals surface area contributed by atoms with Gasteiger partial charge in [0.25, 0.3) is 5.91 Å². The van der Waals surface area contributed by atoms with Crippen LogP contribution in [0, 0.1) is 11.7 Å². The normalized spacial score (nSPS) is 14.3. The molecule has 2 aromatic rings. The summed E-state index contributed by atoms with van der Waals surface area (Å²) in [5.74, 6) is -1.83. The summed E-state index contributed by atoms with van der Waals surface area (Å²) < 4.78 is 48.8. The molecule has 3 rings (SSSR count). The number of halogens is 4. The number of nitrogens with zero attached hydrogens (tertiary/aromatic N) is 1. The summed E-state index contributed by atoms with van der Waals surface area (Å²) in [5, 5.41) is 2.97. The van der Waals surface area contributed by atoms with Gasteiger partial charge in [-0.2, -0.15) is 13.2 Å². The van der Waals surface area contributed by atoms with E-state index in [9.17, 15) is 22.4 Å². The highest BCUT2D eigenvalue weighted by Crippen LogP contribution is 2.37. The van der Waals surface area contributed by atoms with Crippen molar-refractivity contribution in [2.45, 2.75) is 44.8 Å². The van der Waals surface area contributed by atoms with Crippen LogP contribution >= 0.6 is 0 Å². The van der Waals surface area contributed by atoms with Crippen molar-refractivity contribution in [3.05, 3.63) is 53.3 Å². The number of primary amides is 1. The Kier molecular flexibility index (Phi) is 8.74. The lowest BCUT2D eigenvalue weighted by atomic mass is 9.89. The number of hydrogen-bond donors (Lipinski definition) is 3. The summed E-state index contributed by atoms with van der Waals surface area (Å²) in [4.78, 5) is 13.5. The first-order chi connectivity index (χ1) is 15.0. The van der Waals surface area contributed by atoms with Gasteiger partial charge in [-0.05, 0) is 42.7 Å². The zero-order valence-corrected chi connectivity index (χ0v) is 18.3. The number of nitrogen functional groups attached to an aromatic ring is 1. The molecular weight excluding hydrogens is 424 g/mol. The van der Waals surface area contributed by atoms with Crippen LogP contribution in [0.4, 0.5) is 34.6 Å². The maximum absolute atomic E-state index is 13.0. The van der Waals surface area contributed by atoms with Gasteiger partial charge in [-0.15, -0.1) is 0 Å². The molecule has 32 heavy (non-hydrogen) atoms. The van der Waals surface area contributed by atoms with Gasteiger partial charge in [0.1, 0.15) is 5.82 Å². The number of nitrogens with two attached hydrogens (primary N) is 2. The van der Waals surface area contributed by atoms with Gasteiger partial charge in [0.05, 0.1) is 28.5 Å². The summed E-state index contributed by atoms with van der Waals surface area (Å²) in [5.41, 5.74) is 14.4. The van der Waals surface area contributed by atoms with Crippen molar-refractivity contribution in [3.63, 3.8) is 0 Å². The van der Waals surface area contributed by atoms with E-state index in [1.54, 1.807) is 31.3 Å². The molecular formula is C23H30F4N4O. The number of rotatable bonds is 5. The van der Waals surface area contributed by atoms with E-state index < -0.39 is 18.0 Å². The lowest BCUT2D eigenvalue weighted by molar-refractivity contribution is -0.181. The minimum Gasteiger partial charge on any atom is -0.397 e. The smallest absolute Gasteiger partial charge is 0.391 e. The zero-order chi connectivity index (χ0) is 23.9. The zero-order valence-electron chi connectivity index (χ0n) is 18.3. The Hall–Kier alpha value is -2.97. The first kappa shape index (κ1) is 25.3. The van der Waals surface area contributed by atoms with Crippen molar-refractivity contribution in [1.29, 1.82) is 0 Å². The van der Waals surface area contributed by atoms with E-state index >= 15 is 0 Å². The molecule has 2 aromatic carbocycles. The molecule has 1 fully saturated rings. The molecule has 9 heteroatoms. The number of nitrogens with one attached hydrogen (secondary N) is 1. The fourth-order valence-electron chi connectivity index (χ4n) is 3.71. The van der Waals surface area contributed by atoms with Gasteiger partial charge in [0, 0.05) is 20.6 Å². The Balaban J connectivity index is 0.000000303. The Labute approximate surface area is 185 Å². The Morgan fingerprint density at radius 2 is 1.72 bits per heavy atom. The fourth-order valence-corrected chi connectivity index (χ4v) is 3.71. The number of amides is 1. The molecule has 0 bridgehead atoms. The van der Waals surface area contributed by atoms with Gasteiger partial charge in [-0.25, -0.2) is 4.39 Å². The van der Waals surface area contributed by atoms with Crippen molar-refractivity contribution in [2.24, 2.45) is 11.7 Å². The predicted molar refractivity (Wildman–Crippen MR) is 120 cm³/mol. The number of carbonyl (C=O) groups is 1. The van der Waals surface area contributed by atoms with E-state index in [0.717, 1.165) is 24.8 Å². The predicted octanol–water partition coefficient (Wildman–Crippen LogP) is 5.31. The van der Waals surface area contributed by atoms with E-state index in [-0.39, 0.29) is 5.82 Å². The lowest BCUT2D eigenvalue weighted by Gasteiger charge is -2.23. The van der Waals surface area contributed by atoms with Crippen LogP contribution in [0.15, 0.2) is 36.4 Å². The van der Waals surface area contributed by atoms with Crippen LogP contribution in [0.2, 0.25) is 0 Å². The van der Waals surface area contributed by atoms with Gasteiger partial charge < -0.3 is 21.7 Å². The Morgan fingerprint density at radius 1 is 1.12 bits per heavy atom. The molecule has 0 radical (unpaired) electrons. The summed E-state index contributed by atoms with van der Waals surface area (Å²) in [7, 11) is 3.58. The van der Waals surface area contributed by atoms with Gasteiger partial charge in [0.2, 0.25) is 0 Å². The summed E-state index contributed by atoms with van der Waals surface area (Å²) in [6.45, 7) is 0.508. The third-order valence-corrected chi connectivity index (χ3v) is 5.51. The molecule has 0 heterocycles. The van der Waals surface area contributed by atoms with E-state index in [0.29, 0.717) is 42.0 Å². The molecule has 5 N–H and O–H groups in total. The van der Waals surface area contributed by atoms with Crippen LogP contribution in [-0.2, 0) is 6.54 Å². The monoisotopic (exact) mass is 454 g/mol. The van der Waals surface area contributed by atoms with E-state index in [1.807, 2.05) is 11.9 Å². The first-order valence-electron chi connectivity index (χ1n) is 10.5. The van der Waals surface area contributed by atoms with Crippen molar-refractivity contribution in [1.82, 2.24) is 0 Å². The highest BCUT2D eigenvalue weighted by atomic mass is 19.4. The van der Waals surface area contributed by atoms with Crippen LogP contribution < -0.4 is 21.7 Å². The quantitative estimate of drug-likeness (QED) is 0.422. The first-order valence-corrected chi connectivity index (χ1v) is 10.5. The van der Waals surface area contributed by atoms with Crippen molar-refractivity contribution >= 4 is 23.0 Å². The van der Waals surface area contributed by atoms with Gasteiger partial charge >= 0.3 is 6.18 Å². The minimum atomic E-state index is -3.93. The van der Waals surface area contributed by atoms with E-state index in [4.69, 9.17) is 11.5 Å². The molecule has 0 aromatic heterocycles. The van der Waals surface area contributed by atoms with Crippen LogP contribution in [0.3, 0.4) is 0 Å². The van der Waals surface area contributed by atoms with Gasteiger partial charge in [0.15, 0.2) is 0 Å². The SMILES string of the molecule is CNc1cc(N(C)Cc2ccc(F)cc2)c(C(N)=O)cc1N.FC(F)(F)C1CCCCC1. The number of carbonyl (C=O) groups excluding carboxylic acids is 1. The number of benzene rings is 2. The average molecular weight is 455 g/mol. The topological polar surface area (TPSA) is 84.4 Å². The Bertz CT molecular complexity index is 894. The highest BCUT2D eigenvalue weighted by Gasteiger charge is 2.39. The molecule has 0 unspecified atom stereocenters. The second kappa shape index (κ2) is 11.1. The molecule has 5 nitrogen and oxygen atoms in total. The molecule has 1 saturated carbocycles.